The predicted molar refractivity (Wildman–Crippen MR) is 77.6 cm³/mol. The summed E-state index contributed by atoms with van der Waals surface area (Å²) in [6, 6.07) is 0. The summed E-state index contributed by atoms with van der Waals surface area (Å²) in [4.78, 5) is 0. The summed E-state index contributed by atoms with van der Waals surface area (Å²) in [7, 11) is 0. The van der Waals surface area contributed by atoms with E-state index in [4.69, 9.17) is 0 Å². The Labute approximate surface area is 102 Å². The summed E-state index contributed by atoms with van der Waals surface area (Å²) >= 11 is 0. The summed E-state index contributed by atoms with van der Waals surface area (Å²) in [6.45, 7) is 14.0. The number of allylic oxidation sites excluding steroid dienone is 9. The normalized spacial score (nSPS) is 10.6. The molecule has 90 valence electrons. The first kappa shape index (κ1) is 17.1. The van der Waals surface area contributed by atoms with E-state index in [0.29, 0.717) is 0 Å². The van der Waals surface area contributed by atoms with Gasteiger partial charge in [0.1, 0.15) is 0 Å². The molecule has 0 saturated heterocycles. The lowest BCUT2D eigenvalue weighted by atomic mass is 10.1. The first-order valence-electron chi connectivity index (χ1n) is 6.08. The molecule has 0 rings (SSSR count). The van der Waals surface area contributed by atoms with E-state index in [1.807, 2.05) is 45.9 Å². The van der Waals surface area contributed by atoms with Gasteiger partial charge in [-0.25, -0.2) is 0 Å². The van der Waals surface area contributed by atoms with Gasteiger partial charge in [0.05, 0.1) is 0 Å². The summed E-state index contributed by atoms with van der Waals surface area (Å²) in [5.41, 5.74) is 2.37. The third kappa shape index (κ3) is 8.05. The van der Waals surface area contributed by atoms with Gasteiger partial charge in [-0.3, -0.25) is 0 Å². The Kier molecular flexibility index (Phi) is 14.6. The maximum atomic E-state index is 3.82. The Morgan fingerprint density at radius 1 is 0.938 bits per heavy atom. The van der Waals surface area contributed by atoms with E-state index in [-0.39, 0.29) is 0 Å². The highest BCUT2D eigenvalue weighted by atomic mass is 14.0. The van der Waals surface area contributed by atoms with Crippen molar-refractivity contribution in [2.24, 2.45) is 0 Å². The lowest BCUT2D eigenvalue weighted by Gasteiger charge is -1.99. The highest BCUT2D eigenvalue weighted by Crippen LogP contribution is 2.11. The molecule has 0 unspecified atom stereocenters. The monoisotopic (exact) mass is 218 g/mol. The molecule has 0 nitrogen and oxygen atoms in total. The van der Waals surface area contributed by atoms with Gasteiger partial charge in [0, 0.05) is 0 Å². The van der Waals surface area contributed by atoms with Crippen molar-refractivity contribution in [1.29, 1.82) is 0 Å². The van der Waals surface area contributed by atoms with Crippen LogP contribution < -0.4 is 0 Å². The van der Waals surface area contributed by atoms with E-state index in [1.165, 1.54) is 11.1 Å². The van der Waals surface area contributed by atoms with Crippen LogP contribution in [0.5, 0.6) is 0 Å². The first-order valence-corrected chi connectivity index (χ1v) is 6.08. The Balaban J connectivity index is 0. The van der Waals surface area contributed by atoms with Gasteiger partial charge in [0.2, 0.25) is 0 Å². The van der Waals surface area contributed by atoms with Gasteiger partial charge in [-0.1, -0.05) is 69.9 Å². The summed E-state index contributed by atoms with van der Waals surface area (Å²) in [5.74, 6) is 0. The fourth-order valence-electron chi connectivity index (χ4n) is 1.13. The zero-order chi connectivity index (χ0) is 12.8. The quantitative estimate of drug-likeness (QED) is 0.526. The number of hydrogen-bond donors (Lipinski definition) is 0. The van der Waals surface area contributed by atoms with E-state index >= 15 is 0 Å². The van der Waals surface area contributed by atoms with E-state index in [2.05, 4.69) is 37.8 Å². The van der Waals surface area contributed by atoms with Crippen LogP contribution in [0, 0.1) is 0 Å². The summed E-state index contributed by atoms with van der Waals surface area (Å²) < 4.78 is 0. The third-order valence-electron chi connectivity index (χ3n) is 1.78. The van der Waals surface area contributed by atoms with E-state index in [9.17, 15) is 0 Å². The average Bonchev–Trinajstić information content (AvgIpc) is 2.33. The SMILES string of the molecule is C=CC(/C=C\CC)=C(/C=C\C)/C=C\C.CC. The lowest BCUT2D eigenvalue weighted by molar-refractivity contribution is 1.22. The summed E-state index contributed by atoms with van der Waals surface area (Å²) in [5, 5.41) is 0. The minimum Gasteiger partial charge on any atom is -0.0984 e. The third-order valence-corrected chi connectivity index (χ3v) is 1.78. The molecule has 0 aromatic carbocycles. The second-order valence-electron chi connectivity index (χ2n) is 2.93. The van der Waals surface area contributed by atoms with Crippen LogP contribution in [0.4, 0.5) is 0 Å². The van der Waals surface area contributed by atoms with Crippen molar-refractivity contribution in [3.8, 4) is 0 Å². The minimum absolute atomic E-state index is 1.05. The van der Waals surface area contributed by atoms with Crippen LogP contribution in [-0.4, -0.2) is 0 Å². The van der Waals surface area contributed by atoms with Crippen molar-refractivity contribution in [2.75, 3.05) is 0 Å². The van der Waals surface area contributed by atoms with Crippen LogP contribution >= 0.6 is 0 Å². The van der Waals surface area contributed by atoms with Gasteiger partial charge in [0.15, 0.2) is 0 Å². The molecule has 0 aromatic rings. The fraction of sp³-hybridized carbons (Fsp3) is 0.375. The van der Waals surface area contributed by atoms with Crippen LogP contribution in [0.25, 0.3) is 0 Å². The van der Waals surface area contributed by atoms with Gasteiger partial charge in [-0.05, 0) is 31.4 Å². The van der Waals surface area contributed by atoms with Crippen molar-refractivity contribution in [3.63, 3.8) is 0 Å². The molecule has 0 fully saturated rings. The van der Waals surface area contributed by atoms with Crippen molar-refractivity contribution in [1.82, 2.24) is 0 Å². The molecule has 0 N–H and O–H groups in total. The molecule has 0 heterocycles. The second kappa shape index (κ2) is 13.7. The molecule has 0 aromatic heterocycles. The zero-order valence-corrected chi connectivity index (χ0v) is 11.5. The molecule has 0 aliphatic heterocycles. The smallest absolute Gasteiger partial charge is 0.0191 e. The molecule has 16 heavy (non-hydrogen) atoms. The molecule has 0 saturated carbocycles. The van der Waals surface area contributed by atoms with Crippen LogP contribution in [0.2, 0.25) is 0 Å². The fourth-order valence-corrected chi connectivity index (χ4v) is 1.13. The zero-order valence-electron chi connectivity index (χ0n) is 11.5. The van der Waals surface area contributed by atoms with Crippen molar-refractivity contribution >= 4 is 0 Å². The minimum atomic E-state index is 1.05. The molecule has 0 heteroatoms. The van der Waals surface area contributed by atoms with E-state index < -0.39 is 0 Å². The van der Waals surface area contributed by atoms with E-state index in [0.717, 1.165) is 6.42 Å². The largest absolute Gasteiger partial charge is 0.0984 e. The molecule has 0 aliphatic carbocycles. The molecule has 0 spiro atoms. The molecular formula is C16H26. The summed E-state index contributed by atoms with van der Waals surface area (Å²) in [6.07, 6.45) is 15.5. The molecule has 0 bridgehead atoms. The predicted octanol–water partition coefficient (Wildman–Crippen LogP) is 5.61. The molecule has 0 radical (unpaired) electrons. The molecule has 0 amide bonds. The van der Waals surface area contributed by atoms with Crippen molar-refractivity contribution in [2.45, 2.75) is 41.0 Å². The Morgan fingerprint density at radius 3 is 1.75 bits per heavy atom. The van der Waals surface area contributed by atoms with Gasteiger partial charge in [-0.2, -0.15) is 0 Å². The van der Waals surface area contributed by atoms with Gasteiger partial charge in [0.25, 0.3) is 0 Å². The Hall–Kier alpha value is -1.30. The van der Waals surface area contributed by atoms with Crippen LogP contribution in [0.3, 0.4) is 0 Å². The van der Waals surface area contributed by atoms with Crippen molar-refractivity contribution in [3.05, 3.63) is 60.3 Å². The number of rotatable bonds is 5. The van der Waals surface area contributed by atoms with Crippen LogP contribution in [-0.2, 0) is 0 Å². The van der Waals surface area contributed by atoms with Crippen LogP contribution in [0.1, 0.15) is 41.0 Å². The first-order chi connectivity index (χ1) is 7.79. The number of hydrogen-bond acceptors (Lipinski definition) is 0. The average molecular weight is 218 g/mol. The molecular weight excluding hydrogens is 192 g/mol. The van der Waals surface area contributed by atoms with Crippen molar-refractivity contribution < 1.29 is 0 Å². The molecule has 0 aliphatic rings. The van der Waals surface area contributed by atoms with Gasteiger partial charge >= 0.3 is 0 Å². The standard InChI is InChI=1S/C14H20.C2H6/c1-5-9-12-13(8-4)14(10-6-2)11-7-3;1-2/h6-12H,4-5H2,1-3H3;1-2H3/b10-6-,11-7-,12-9-;. The van der Waals surface area contributed by atoms with Gasteiger partial charge < -0.3 is 0 Å². The lowest BCUT2D eigenvalue weighted by Crippen LogP contribution is -1.79. The Morgan fingerprint density at radius 2 is 1.44 bits per heavy atom. The van der Waals surface area contributed by atoms with Crippen LogP contribution in [0.15, 0.2) is 60.3 Å². The second-order valence-corrected chi connectivity index (χ2v) is 2.93. The van der Waals surface area contributed by atoms with Gasteiger partial charge in [-0.15, -0.1) is 0 Å². The molecule has 0 atom stereocenters. The topological polar surface area (TPSA) is 0 Å². The maximum absolute atomic E-state index is 3.82. The van der Waals surface area contributed by atoms with E-state index in [1.54, 1.807) is 0 Å². The Bertz CT molecular complexity index is 258. The highest BCUT2D eigenvalue weighted by molar-refractivity contribution is 5.45. The maximum Gasteiger partial charge on any atom is -0.0191 e. The highest BCUT2D eigenvalue weighted by Gasteiger charge is 1.91.